The van der Waals surface area contributed by atoms with Gasteiger partial charge in [0, 0.05) is 72.4 Å². The number of carbonyl (C=O) groups excluding carboxylic acids is 2. The fourth-order valence-corrected chi connectivity index (χ4v) is 5.14. The van der Waals surface area contributed by atoms with E-state index in [4.69, 9.17) is 27.0 Å². The summed E-state index contributed by atoms with van der Waals surface area (Å²) in [5, 5.41) is 14.7. The normalized spacial score (nSPS) is 17.7. The molecule has 2 fully saturated rings. The summed E-state index contributed by atoms with van der Waals surface area (Å²) in [4.78, 5) is 30.3. The lowest BCUT2D eigenvalue weighted by Gasteiger charge is -2.38. The number of rotatable bonds is 7. The van der Waals surface area contributed by atoms with Crippen molar-refractivity contribution >= 4 is 41.2 Å². The average Bonchev–Trinajstić information content (AvgIpc) is 3.24. The molecule has 6 N–H and O–H groups in total. The topological polar surface area (TPSA) is 150 Å². The summed E-state index contributed by atoms with van der Waals surface area (Å²) < 4.78 is 5.52. The maximum atomic E-state index is 13.6. The smallest absolute Gasteiger partial charge is 0.253 e. The Bertz CT molecular complexity index is 1270. The molecule has 2 aliphatic rings. The van der Waals surface area contributed by atoms with E-state index in [1.165, 1.54) is 18.5 Å². The maximum Gasteiger partial charge on any atom is 0.253 e. The van der Waals surface area contributed by atoms with Gasteiger partial charge in [0.25, 0.3) is 5.91 Å². The Balaban J connectivity index is 1.44. The van der Waals surface area contributed by atoms with E-state index in [2.05, 4.69) is 0 Å². The number of ether oxygens (including phenoxy) is 1. The summed E-state index contributed by atoms with van der Waals surface area (Å²) in [7, 11) is 1.55. The number of allylic oxidation sites excluding steroid dienone is 2. The van der Waals surface area contributed by atoms with E-state index >= 15 is 0 Å². The van der Waals surface area contributed by atoms with Gasteiger partial charge in [0.2, 0.25) is 5.91 Å². The summed E-state index contributed by atoms with van der Waals surface area (Å²) in [6.45, 7) is 1.64. The van der Waals surface area contributed by atoms with Crippen LogP contribution in [-0.4, -0.2) is 55.9 Å². The molecule has 9 heteroatoms. The second-order valence-corrected chi connectivity index (χ2v) is 9.30. The molecule has 9 nitrogen and oxygen atoms in total. The molecular formula is C28H32N6O3. The van der Waals surface area contributed by atoms with Crippen LogP contribution in [0.1, 0.15) is 40.7 Å². The number of nitrogens with zero attached hydrogens (tertiary/aromatic N) is 2. The molecule has 0 bridgehead atoms. The first-order valence-corrected chi connectivity index (χ1v) is 12.2. The molecule has 0 saturated carbocycles. The van der Waals surface area contributed by atoms with Crippen LogP contribution in [0.3, 0.4) is 0 Å². The summed E-state index contributed by atoms with van der Waals surface area (Å²) >= 11 is 0. The quantitative estimate of drug-likeness (QED) is 0.431. The Morgan fingerprint density at radius 2 is 1.68 bits per heavy atom. The second kappa shape index (κ2) is 10.7. The Labute approximate surface area is 216 Å². The van der Waals surface area contributed by atoms with E-state index in [1.807, 2.05) is 23.1 Å². The minimum absolute atomic E-state index is 0.0615. The van der Waals surface area contributed by atoms with Gasteiger partial charge in [-0.2, -0.15) is 0 Å². The SMILES string of the molecule is COc1cc(N2CCC3(CCN(C(=O)c4ccc(C(N)=CC=N)cc4)CC3)C2=O)ccc1/C(C=N)=C/N. The first-order chi connectivity index (χ1) is 17.9. The van der Waals surface area contributed by atoms with Crippen molar-refractivity contribution < 1.29 is 14.3 Å². The molecule has 2 amide bonds. The predicted octanol–water partition coefficient (Wildman–Crippen LogP) is 3.25. The molecule has 2 aliphatic heterocycles. The molecule has 4 rings (SSSR count). The van der Waals surface area contributed by atoms with Crippen molar-refractivity contribution in [2.24, 2.45) is 16.9 Å². The molecule has 0 aliphatic carbocycles. The maximum absolute atomic E-state index is 13.6. The van der Waals surface area contributed by atoms with E-state index in [0.717, 1.165) is 23.9 Å². The first-order valence-electron chi connectivity index (χ1n) is 12.2. The van der Waals surface area contributed by atoms with Crippen molar-refractivity contribution in [2.75, 3.05) is 31.6 Å². The highest BCUT2D eigenvalue weighted by Crippen LogP contribution is 2.44. The third kappa shape index (κ3) is 4.84. The van der Waals surface area contributed by atoms with Crippen LogP contribution >= 0.6 is 0 Å². The van der Waals surface area contributed by atoms with Crippen molar-refractivity contribution in [1.82, 2.24) is 4.90 Å². The first kappa shape index (κ1) is 25.7. The fourth-order valence-electron chi connectivity index (χ4n) is 5.14. The predicted molar refractivity (Wildman–Crippen MR) is 146 cm³/mol. The van der Waals surface area contributed by atoms with Crippen molar-refractivity contribution in [3.05, 3.63) is 71.4 Å². The van der Waals surface area contributed by atoms with Gasteiger partial charge in [-0.1, -0.05) is 12.1 Å². The number of hydrogen-bond donors (Lipinski definition) is 4. The van der Waals surface area contributed by atoms with E-state index < -0.39 is 5.41 Å². The molecular weight excluding hydrogens is 468 g/mol. The lowest BCUT2D eigenvalue weighted by molar-refractivity contribution is -0.127. The number of methoxy groups -OCH3 is 1. The number of carbonyl (C=O) groups is 2. The van der Waals surface area contributed by atoms with E-state index in [0.29, 0.717) is 60.6 Å². The molecule has 37 heavy (non-hydrogen) atoms. The molecule has 0 unspecified atom stereocenters. The highest BCUT2D eigenvalue weighted by Gasteiger charge is 2.49. The van der Waals surface area contributed by atoms with E-state index in [9.17, 15) is 9.59 Å². The molecule has 2 saturated heterocycles. The fraction of sp³-hybridized carbons (Fsp3) is 0.286. The number of piperidine rings is 1. The molecule has 2 aromatic rings. The van der Waals surface area contributed by atoms with Gasteiger partial charge < -0.3 is 36.8 Å². The molecule has 2 heterocycles. The van der Waals surface area contributed by atoms with Gasteiger partial charge in [-0.25, -0.2) is 0 Å². The summed E-state index contributed by atoms with van der Waals surface area (Å²) in [6, 6.07) is 12.5. The van der Waals surface area contributed by atoms with Gasteiger partial charge >= 0.3 is 0 Å². The number of nitrogens with one attached hydrogen (secondary N) is 2. The summed E-state index contributed by atoms with van der Waals surface area (Å²) in [5.41, 5.74) is 14.8. The van der Waals surface area contributed by atoms with Crippen LogP contribution in [0.4, 0.5) is 5.69 Å². The summed E-state index contributed by atoms with van der Waals surface area (Å²) in [6.07, 6.45) is 7.12. The Kier molecular flexibility index (Phi) is 7.42. The van der Waals surface area contributed by atoms with E-state index in [-0.39, 0.29) is 11.8 Å². The van der Waals surface area contributed by atoms with Crippen LogP contribution in [0.15, 0.2) is 54.7 Å². The Hall–Kier alpha value is -4.40. The zero-order valence-corrected chi connectivity index (χ0v) is 20.9. The summed E-state index contributed by atoms with van der Waals surface area (Å²) in [5.74, 6) is 0.565. The molecule has 0 radical (unpaired) electrons. The highest BCUT2D eigenvalue weighted by atomic mass is 16.5. The standard InChI is InChI=1S/C28H32N6O3/c1-37-25-16-22(6-7-23(25)21(17-30)18-31)34-15-11-28(27(34)36)9-13-33(14-10-28)26(35)20-4-2-19(3-5-20)24(32)8-12-29/h2-8,12,16-18,29-30H,9-11,13-15,31-32H2,1H3/b21-18+,24-8?,29-12?,30-17?. The van der Waals surface area contributed by atoms with Crippen LogP contribution in [0.5, 0.6) is 5.75 Å². The average molecular weight is 501 g/mol. The Morgan fingerprint density at radius 1 is 1.03 bits per heavy atom. The van der Waals surface area contributed by atoms with Gasteiger partial charge in [-0.3, -0.25) is 9.59 Å². The van der Waals surface area contributed by atoms with Crippen LogP contribution in [0.2, 0.25) is 0 Å². The van der Waals surface area contributed by atoms with Crippen molar-refractivity contribution in [2.45, 2.75) is 19.3 Å². The van der Waals surface area contributed by atoms with Crippen molar-refractivity contribution in [1.29, 1.82) is 10.8 Å². The highest BCUT2D eigenvalue weighted by molar-refractivity contribution is 6.09. The van der Waals surface area contributed by atoms with Gasteiger partial charge in [-0.15, -0.1) is 0 Å². The van der Waals surface area contributed by atoms with Crippen LogP contribution < -0.4 is 21.1 Å². The van der Waals surface area contributed by atoms with Gasteiger partial charge in [0.1, 0.15) is 5.75 Å². The van der Waals surface area contributed by atoms with Gasteiger partial charge in [-0.05, 0) is 55.2 Å². The third-order valence-electron chi connectivity index (χ3n) is 7.39. The second-order valence-electron chi connectivity index (χ2n) is 9.30. The molecule has 0 aromatic heterocycles. The van der Waals surface area contributed by atoms with Crippen LogP contribution in [-0.2, 0) is 4.79 Å². The van der Waals surface area contributed by atoms with E-state index in [1.54, 1.807) is 36.3 Å². The molecule has 192 valence electrons. The van der Waals surface area contributed by atoms with Crippen LogP contribution in [0, 0.1) is 16.2 Å². The number of likely N-dealkylation sites (tertiary alicyclic amines) is 1. The number of hydrogen-bond acceptors (Lipinski definition) is 7. The van der Waals surface area contributed by atoms with Crippen LogP contribution in [0.25, 0.3) is 11.3 Å². The minimum atomic E-state index is -0.476. The molecule has 1 spiro atoms. The number of nitrogens with two attached hydrogens (primary N) is 2. The zero-order valence-electron chi connectivity index (χ0n) is 20.9. The lowest BCUT2D eigenvalue weighted by atomic mass is 9.77. The van der Waals surface area contributed by atoms with Crippen molar-refractivity contribution in [3.8, 4) is 5.75 Å². The number of benzene rings is 2. The van der Waals surface area contributed by atoms with Crippen molar-refractivity contribution in [3.63, 3.8) is 0 Å². The minimum Gasteiger partial charge on any atom is -0.496 e. The van der Waals surface area contributed by atoms with Gasteiger partial charge in [0.05, 0.1) is 12.5 Å². The Morgan fingerprint density at radius 3 is 2.27 bits per heavy atom. The molecule has 0 atom stereocenters. The number of anilines is 1. The third-order valence-corrected chi connectivity index (χ3v) is 7.39. The molecule has 2 aromatic carbocycles. The zero-order chi connectivity index (χ0) is 26.6. The number of amides is 2. The lowest BCUT2D eigenvalue weighted by Crippen LogP contribution is -2.46. The monoisotopic (exact) mass is 500 g/mol. The largest absolute Gasteiger partial charge is 0.496 e. The van der Waals surface area contributed by atoms with Gasteiger partial charge in [0.15, 0.2) is 0 Å².